The van der Waals surface area contributed by atoms with Crippen LogP contribution in [0.25, 0.3) is 0 Å². The average molecular weight is 194 g/mol. The van der Waals surface area contributed by atoms with Gasteiger partial charge in [-0.25, -0.2) is 5.01 Å². The second-order valence-electron chi connectivity index (χ2n) is 2.98. The van der Waals surface area contributed by atoms with E-state index in [2.05, 4.69) is 0 Å². The van der Waals surface area contributed by atoms with E-state index in [1.165, 1.54) is 5.01 Å². The summed E-state index contributed by atoms with van der Waals surface area (Å²) in [5.41, 5.74) is 0.698. The second kappa shape index (κ2) is 4.74. The lowest BCUT2D eigenvalue weighted by Crippen LogP contribution is -2.39. The van der Waals surface area contributed by atoms with Gasteiger partial charge in [-0.3, -0.25) is 10.6 Å². The number of hydrazine groups is 1. The first-order valence-electron chi connectivity index (χ1n) is 4.46. The van der Waals surface area contributed by atoms with Gasteiger partial charge in [0.1, 0.15) is 6.04 Å². The van der Waals surface area contributed by atoms with E-state index < -0.39 is 12.0 Å². The quantitative estimate of drug-likeness (QED) is 0.554. The summed E-state index contributed by atoms with van der Waals surface area (Å²) in [5.74, 6) is 4.67. The molecule has 0 aliphatic carbocycles. The van der Waals surface area contributed by atoms with Crippen LogP contribution in [-0.2, 0) is 4.79 Å². The number of rotatable bonds is 4. The Morgan fingerprint density at radius 2 is 2.07 bits per heavy atom. The third-order valence-electron chi connectivity index (χ3n) is 2.05. The molecular formula is C10H14N2O2. The lowest BCUT2D eigenvalue weighted by atomic mass is 10.1. The highest BCUT2D eigenvalue weighted by Gasteiger charge is 2.23. The lowest BCUT2D eigenvalue weighted by Gasteiger charge is -2.22. The van der Waals surface area contributed by atoms with Crippen LogP contribution in [0.15, 0.2) is 30.3 Å². The summed E-state index contributed by atoms with van der Waals surface area (Å²) in [6.07, 6.45) is 0. The van der Waals surface area contributed by atoms with Gasteiger partial charge >= 0.3 is 5.97 Å². The maximum Gasteiger partial charge on any atom is 0.326 e. The first kappa shape index (κ1) is 10.7. The zero-order valence-electron chi connectivity index (χ0n) is 8.05. The molecule has 0 saturated carbocycles. The van der Waals surface area contributed by atoms with Crippen molar-refractivity contribution < 1.29 is 9.90 Å². The Hall–Kier alpha value is -1.39. The molecule has 1 aromatic rings. The van der Waals surface area contributed by atoms with E-state index >= 15 is 0 Å². The van der Waals surface area contributed by atoms with Gasteiger partial charge in [-0.1, -0.05) is 37.3 Å². The molecule has 0 amide bonds. The number of carbonyl (C=O) groups is 1. The molecule has 14 heavy (non-hydrogen) atoms. The van der Waals surface area contributed by atoms with Crippen LogP contribution < -0.4 is 5.84 Å². The minimum atomic E-state index is -0.930. The van der Waals surface area contributed by atoms with Crippen LogP contribution in [0, 0.1) is 0 Å². The first-order chi connectivity index (χ1) is 6.66. The first-order valence-corrected chi connectivity index (χ1v) is 4.46. The number of nitrogens with zero attached hydrogens (tertiary/aromatic N) is 1. The molecule has 4 heteroatoms. The zero-order valence-corrected chi connectivity index (χ0v) is 8.05. The highest BCUT2D eigenvalue weighted by molar-refractivity contribution is 5.75. The minimum absolute atomic E-state index is 0.492. The molecule has 0 saturated heterocycles. The highest BCUT2D eigenvalue weighted by atomic mass is 16.4. The Balaban J connectivity index is 2.95. The van der Waals surface area contributed by atoms with Crippen LogP contribution in [0.4, 0.5) is 0 Å². The maximum absolute atomic E-state index is 11.0. The van der Waals surface area contributed by atoms with Crippen molar-refractivity contribution in [2.24, 2.45) is 5.84 Å². The van der Waals surface area contributed by atoms with Gasteiger partial charge < -0.3 is 5.11 Å². The Bertz CT molecular complexity index is 300. The number of carboxylic acid groups (broad SMARTS) is 1. The Kier molecular flexibility index (Phi) is 3.62. The molecule has 0 bridgehead atoms. The summed E-state index contributed by atoms with van der Waals surface area (Å²) in [6.45, 7) is 2.31. The van der Waals surface area contributed by atoms with Crippen LogP contribution in [0.5, 0.6) is 0 Å². The molecule has 4 nitrogen and oxygen atoms in total. The fraction of sp³-hybridized carbons (Fsp3) is 0.300. The smallest absolute Gasteiger partial charge is 0.326 e. The number of hydrogen-bond donors (Lipinski definition) is 2. The molecule has 1 unspecified atom stereocenters. The zero-order chi connectivity index (χ0) is 10.6. The Morgan fingerprint density at radius 3 is 2.50 bits per heavy atom. The van der Waals surface area contributed by atoms with Crippen LogP contribution >= 0.6 is 0 Å². The second-order valence-corrected chi connectivity index (χ2v) is 2.98. The van der Waals surface area contributed by atoms with Crippen molar-refractivity contribution in [2.75, 3.05) is 6.54 Å². The van der Waals surface area contributed by atoms with Crippen molar-refractivity contribution in [2.45, 2.75) is 13.0 Å². The lowest BCUT2D eigenvalue weighted by molar-refractivity contribution is -0.143. The molecular weight excluding hydrogens is 180 g/mol. The van der Waals surface area contributed by atoms with Crippen molar-refractivity contribution in [3.8, 4) is 0 Å². The highest BCUT2D eigenvalue weighted by Crippen LogP contribution is 2.17. The predicted molar refractivity (Wildman–Crippen MR) is 53.4 cm³/mol. The molecule has 0 fully saturated rings. The molecule has 0 heterocycles. The number of aliphatic carboxylic acids is 1. The fourth-order valence-electron chi connectivity index (χ4n) is 1.29. The van der Waals surface area contributed by atoms with Crippen molar-refractivity contribution in [1.29, 1.82) is 0 Å². The van der Waals surface area contributed by atoms with Crippen molar-refractivity contribution in [3.05, 3.63) is 35.9 Å². The van der Waals surface area contributed by atoms with Crippen LogP contribution in [0.1, 0.15) is 18.5 Å². The Morgan fingerprint density at radius 1 is 1.50 bits per heavy atom. The van der Waals surface area contributed by atoms with Crippen molar-refractivity contribution in [3.63, 3.8) is 0 Å². The number of hydrogen-bond acceptors (Lipinski definition) is 3. The van der Waals surface area contributed by atoms with Gasteiger partial charge in [0.05, 0.1) is 0 Å². The molecule has 0 aliphatic rings. The summed E-state index contributed by atoms with van der Waals surface area (Å²) in [6, 6.07) is 8.20. The molecule has 0 radical (unpaired) electrons. The van der Waals surface area contributed by atoms with Crippen LogP contribution in [0.2, 0.25) is 0 Å². The SMILES string of the molecule is CCN(N)C(C(=O)O)c1ccccc1. The van der Waals surface area contributed by atoms with E-state index in [1.54, 1.807) is 24.3 Å². The summed E-state index contributed by atoms with van der Waals surface area (Å²) in [5, 5.41) is 10.3. The summed E-state index contributed by atoms with van der Waals surface area (Å²) in [7, 11) is 0. The van der Waals surface area contributed by atoms with E-state index in [9.17, 15) is 4.79 Å². The van der Waals surface area contributed by atoms with E-state index in [0.29, 0.717) is 12.1 Å². The number of benzene rings is 1. The average Bonchev–Trinajstić information content (AvgIpc) is 2.19. The normalized spacial score (nSPS) is 12.8. The number of nitrogens with two attached hydrogens (primary N) is 1. The van der Waals surface area contributed by atoms with Crippen LogP contribution in [0.3, 0.4) is 0 Å². The fourth-order valence-corrected chi connectivity index (χ4v) is 1.29. The van der Waals surface area contributed by atoms with Gasteiger partial charge in [-0.15, -0.1) is 0 Å². The molecule has 1 rings (SSSR count). The molecule has 3 N–H and O–H groups in total. The molecule has 0 aromatic heterocycles. The van der Waals surface area contributed by atoms with Gasteiger partial charge in [-0.05, 0) is 5.56 Å². The largest absolute Gasteiger partial charge is 0.480 e. The molecule has 1 aromatic carbocycles. The van der Waals surface area contributed by atoms with E-state index in [1.807, 2.05) is 13.0 Å². The summed E-state index contributed by atoms with van der Waals surface area (Å²) in [4.78, 5) is 11.0. The predicted octanol–water partition coefficient (Wildman–Crippen LogP) is 1.01. The van der Waals surface area contributed by atoms with Gasteiger partial charge in [0.2, 0.25) is 0 Å². The third kappa shape index (κ3) is 2.31. The number of carboxylic acids is 1. The van der Waals surface area contributed by atoms with Crippen molar-refractivity contribution in [1.82, 2.24) is 5.01 Å². The topological polar surface area (TPSA) is 66.6 Å². The minimum Gasteiger partial charge on any atom is -0.480 e. The maximum atomic E-state index is 11.0. The Labute approximate surface area is 82.9 Å². The summed E-state index contributed by atoms with van der Waals surface area (Å²) >= 11 is 0. The van der Waals surface area contributed by atoms with E-state index in [0.717, 1.165) is 0 Å². The monoisotopic (exact) mass is 194 g/mol. The molecule has 1 atom stereocenters. The molecule has 0 aliphatic heterocycles. The standard InChI is InChI=1S/C10H14N2O2/c1-2-12(11)9(10(13)14)8-6-4-3-5-7-8/h3-7,9H,2,11H2,1H3,(H,13,14). The van der Waals surface area contributed by atoms with Gasteiger partial charge in [0.15, 0.2) is 0 Å². The van der Waals surface area contributed by atoms with Crippen molar-refractivity contribution >= 4 is 5.97 Å². The number of likely N-dealkylation sites (N-methyl/N-ethyl adjacent to an activating group) is 1. The van der Waals surface area contributed by atoms with Gasteiger partial charge in [-0.2, -0.15) is 0 Å². The van der Waals surface area contributed by atoms with Crippen LogP contribution in [-0.4, -0.2) is 22.6 Å². The van der Waals surface area contributed by atoms with Gasteiger partial charge in [0, 0.05) is 6.54 Å². The molecule has 0 spiro atoms. The van der Waals surface area contributed by atoms with E-state index in [-0.39, 0.29) is 0 Å². The molecule has 76 valence electrons. The third-order valence-corrected chi connectivity index (χ3v) is 2.05. The van der Waals surface area contributed by atoms with E-state index in [4.69, 9.17) is 10.9 Å². The summed E-state index contributed by atoms with van der Waals surface area (Å²) < 4.78 is 0. The van der Waals surface area contributed by atoms with Gasteiger partial charge in [0.25, 0.3) is 0 Å².